The molecule has 2 aliphatic heterocycles. The summed E-state index contributed by atoms with van der Waals surface area (Å²) in [5, 5.41) is 0. The van der Waals surface area contributed by atoms with Crippen molar-refractivity contribution in [3.63, 3.8) is 0 Å². The van der Waals surface area contributed by atoms with Crippen molar-refractivity contribution in [2.24, 2.45) is 0 Å². The third kappa shape index (κ3) is 2.52. The molecule has 0 radical (unpaired) electrons. The minimum Gasteiger partial charge on any atom is -0.454 e. The Hall–Kier alpha value is -2.50. The predicted molar refractivity (Wildman–Crippen MR) is 86.2 cm³/mol. The fourth-order valence-electron chi connectivity index (χ4n) is 2.90. The molecule has 0 atom stereocenters. The zero-order valence-electron chi connectivity index (χ0n) is 14.1. The zero-order valence-corrected chi connectivity index (χ0v) is 14.1. The Bertz CT molecular complexity index is 804. The summed E-state index contributed by atoms with van der Waals surface area (Å²) in [6.07, 6.45) is 0.689. The zero-order chi connectivity index (χ0) is 16.9. The first-order chi connectivity index (χ1) is 11.4. The molecule has 0 saturated carbocycles. The summed E-state index contributed by atoms with van der Waals surface area (Å²) >= 11 is 0. The summed E-state index contributed by atoms with van der Waals surface area (Å²) in [7, 11) is 0. The van der Waals surface area contributed by atoms with E-state index in [2.05, 4.69) is 25.8 Å². The van der Waals surface area contributed by atoms with Crippen molar-refractivity contribution in [1.82, 2.24) is 9.88 Å². The number of benzene rings is 1. The van der Waals surface area contributed by atoms with Gasteiger partial charge in [0.1, 0.15) is 11.5 Å². The Morgan fingerprint density at radius 3 is 2.79 bits per heavy atom. The Morgan fingerprint density at radius 1 is 1.21 bits per heavy atom. The molecule has 126 valence electrons. The van der Waals surface area contributed by atoms with E-state index in [0.717, 1.165) is 17.3 Å². The number of hydrogen-bond donors (Lipinski definition) is 0. The molecule has 0 fully saturated rings. The van der Waals surface area contributed by atoms with Crippen LogP contribution in [0.25, 0.3) is 0 Å². The number of carbonyl (C=O) groups excluding carboxylic acids is 1. The van der Waals surface area contributed by atoms with E-state index >= 15 is 0 Å². The first kappa shape index (κ1) is 15.1. The van der Waals surface area contributed by atoms with Crippen molar-refractivity contribution in [3.05, 3.63) is 41.1 Å². The number of fused-ring (bicyclic) bond motifs is 2. The summed E-state index contributed by atoms with van der Waals surface area (Å²) in [6.45, 7) is 7.51. The van der Waals surface area contributed by atoms with Gasteiger partial charge in [0, 0.05) is 23.9 Å². The van der Waals surface area contributed by atoms with Crippen LogP contribution < -0.4 is 9.47 Å². The van der Waals surface area contributed by atoms with Crippen LogP contribution in [0.2, 0.25) is 0 Å². The number of rotatable bonds is 1. The lowest BCUT2D eigenvalue weighted by Gasteiger charge is -2.25. The molecule has 0 N–H and O–H groups in total. The van der Waals surface area contributed by atoms with Crippen molar-refractivity contribution >= 4 is 5.91 Å². The number of ether oxygens (including phenoxy) is 2. The number of aromatic nitrogens is 1. The molecule has 6 nitrogen and oxygen atoms in total. The van der Waals surface area contributed by atoms with Crippen LogP contribution in [0, 0.1) is 0 Å². The number of oxazole rings is 1. The van der Waals surface area contributed by atoms with Gasteiger partial charge in [0.25, 0.3) is 5.91 Å². The lowest BCUT2D eigenvalue weighted by Crippen LogP contribution is -2.35. The van der Waals surface area contributed by atoms with Gasteiger partial charge in [0.05, 0.1) is 6.54 Å². The standard InChI is InChI=1S/C18H20N2O4/c1-18(2,3)17-19-12-9-20(7-6-13(12)24-17)16(21)11-4-5-14-15(8-11)23-10-22-14/h4-5,8H,6-7,9-10H2,1-3H3. The molecular weight excluding hydrogens is 308 g/mol. The fourth-order valence-corrected chi connectivity index (χ4v) is 2.90. The van der Waals surface area contributed by atoms with Gasteiger partial charge in [-0.3, -0.25) is 4.79 Å². The summed E-state index contributed by atoms with van der Waals surface area (Å²) in [5.41, 5.74) is 1.33. The molecule has 0 saturated heterocycles. The lowest BCUT2D eigenvalue weighted by atomic mass is 9.97. The van der Waals surface area contributed by atoms with Crippen molar-refractivity contribution < 1.29 is 18.7 Å². The van der Waals surface area contributed by atoms with Gasteiger partial charge in [-0.25, -0.2) is 4.98 Å². The molecular formula is C18H20N2O4. The maximum Gasteiger partial charge on any atom is 0.254 e. The normalized spacial score (nSPS) is 16.2. The second-order valence-electron chi connectivity index (χ2n) is 7.18. The van der Waals surface area contributed by atoms with E-state index in [1.54, 1.807) is 23.1 Å². The van der Waals surface area contributed by atoms with Crippen molar-refractivity contribution in [2.75, 3.05) is 13.3 Å². The molecule has 1 aromatic carbocycles. The quantitative estimate of drug-likeness (QED) is 0.805. The van der Waals surface area contributed by atoms with Gasteiger partial charge in [-0.15, -0.1) is 0 Å². The average molecular weight is 328 g/mol. The SMILES string of the molecule is CC(C)(C)c1nc2c(o1)CCN(C(=O)c1ccc3c(c1)OCO3)C2. The Kier molecular flexibility index (Phi) is 3.30. The third-order valence-corrected chi connectivity index (χ3v) is 4.28. The smallest absolute Gasteiger partial charge is 0.254 e. The summed E-state index contributed by atoms with van der Waals surface area (Å²) < 4.78 is 16.5. The van der Waals surface area contributed by atoms with Crippen LogP contribution in [0.15, 0.2) is 22.6 Å². The van der Waals surface area contributed by atoms with Crippen molar-refractivity contribution in [3.8, 4) is 11.5 Å². The van der Waals surface area contributed by atoms with Crippen LogP contribution >= 0.6 is 0 Å². The molecule has 1 amide bonds. The maximum atomic E-state index is 12.8. The minimum absolute atomic E-state index is 0.0285. The van der Waals surface area contributed by atoms with Gasteiger partial charge in [-0.2, -0.15) is 0 Å². The average Bonchev–Trinajstić information content (AvgIpc) is 3.18. The molecule has 2 aromatic rings. The van der Waals surface area contributed by atoms with E-state index in [4.69, 9.17) is 13.9 Å². The molecule has 24 heavy (non-hydrogen) atoms. The van der Waals surface area contributed by atoms with Crippen LogP contribution in [0.5, 0.6) is 11.5 Å². The first-order valence-electron chi connectivity index (χ1n) is 8.10. The fraction of sp³-hybridized carbons (Fsp3) is 0.444. The second-order valence-corrected chi connectivity index (χ2v) is 7.18. The summed E-state index contributed by atoms with van der Waals surface area (Å²) in [6, 6.07) is 5.29. The number of hydrogen-bond acceptors (Lipinski definition) is 5. The highest BCUT2D eigenvalue weighted by atomic mass is 16.7. The third-order valence-electron chi connectivity index (χ3n) is 4.28. The van der Waals surface area contributed by atoms with Gasteiger partial charge in [0.15, 0.2) is 17.4 Å². The minimum atomic E-state index is -0.135. The molecule has 1 aromatic heterocycles. The van der Waals surface area contributed by atoms with E-state index in [1.165, 1.54) is 0 Å². The van der Waals surface area contributed by atoms with Gasteiger partial charge in [0.2, 0.25) is 6.79 Å². The van der Waals surface area contributed by atoms with E-state index < -0.39 is 0 Å². The molecule has 0 aliphatic carbocycles. The number of amides is 1. The summed E-state index contributed by atoms with van der Waals surface area (Å²) in [4.78, 5) is 19.2. The first-order valence-corrected chi connectivity index (χ1v) is 8.10. The van der Waals surface area contributed by atoms with Crippen LogP contribution in [-0.4, -0.2) is 29.1 Å². The van der Waals surface area contributed by atoms with Crippen LogP contribution in [0.1, 0.15) is 48.5 Å². The van der Waals surface area contributed by atoms with Gasteiger partial charge in [-0.1, -0.05) is 20.8 Å². The molecule has 0 spiro atoms. The number of nitrogens with zero attached hydrogens (tertiary/aromatic N) is 2. The molecule has 0 bridgehead atoms. The molecule has 0 unspecified atom stereocenters. The highest BCUT2D eigenvalue weighted by molar-refractivity contribution is 5.95. The monoisotopic (exact) mass is 328 g/mol. The van der Waals surface area contributed by atoms with E-state index in [0.29, 0.717) is 36.6 Å². The van der Waals surface area contributed by atoms with Crippen LogP contribution in [0.4, 0.5) is 0 Å². The topological polar surface area (TPSA) is 64.8 Å². The lowest BCUT2D eigenvalue weighted by molar-refractivity contribution is 0.0727. The molecule has 3 heterocycles. The maximum absolute atomic E-state index is 12.8. The number of carbonyl (C=O) groups is 1. The predicted octanol–water partition coefficient (Wildman–Crippen LogP) is 2.90. The van der Waals surface area contributed by atoms with E-state index in [-0.39, 0.29) is 18.1 Å². The molecule has 4 rings (SSSR count). The highest BCUT2D eigenvalue weighted by Crippen LogP contribution is 2.33. The second kappa shape index (κ2) is 5.26. The van der Waals surface area contributed by atoms with Gasteiger partial charge < -0.3 is 18.8 Å². The highest BCUT2D eigenvalue weighted by Gasteiger charge is 2.30. The molecule has 2 aliphatic rings. The Morgan fingerprint density at radius 2 is 2.00 bits per heavy atom. The van der Waals surface area contributed by atoms with Gasteiger partial charge >= 0.3 is 0 Å². The molecule has 6 heteroatoms. The van der Waals surface area contributed by atoms with E-state index in [1.807, 2.05) is 0 Å². The van der Waals surface area contributed by atoms with Crippen LogP contribution in [0.3, 0.4) is 0 Å². The van der Waals surface area contributed by atoms with Crippen LogP contribution in [-0.2, 0) is 18.4 Å². The van der Waals surface area contributed by atoms with Crippen molar-refractivity contribution in [1.29, 1.82) is 0 Å². The van der Waals surface area contributed by atoms with E-state index in [9.17, 15) is 4.79 Å². The Balaban J connectivity index is 1.56. The van der Waals surface area contributed by atoms with Gasteiger partial charge in [-0.05, 0) is 18.2 Å². The summed E-state index contributed by atoms with van der Waals surface area (Å²) in [5.74, 6) is 2.90. The Labute approximate surface area is 140 Å². The van der Waals surface area contributed by atoms with Crippen molar-refractivity contribution in [2.45, 2.75) is 39.2 Å². The largest absolute Gasteiger partial charge is 0.454 e.